The molecule has 0 aliphatic heterocycles. The van der Waals surface area contributed by atoms with E-state index in [1.807, 2.05) is 47.8 Å². The Morgan fingerprint density at radius 1 is 0.971 bits per heavy atom. The molecule has 0 aliphatic carbocycles. The van der Waals surface area contributed by atoms with Gasteiger partial charge < -0.3 is 19.3 Å². The normalized spacial score (nSPS) is 11.7. The van der Waals surface area contributed by atoms with E-state index >= 15 is 0 Å². The number of phenolic OH excluding ortho intramolecular Hbond substituents is 1. The Kier molecular flexibility index (Phi) is 7.89. The first kappa shape index (κ1) is 24.6. The fourth-order valence-electron chi connectivity index (χ4n) is 3.44. The van der Waals surface area contributed by atoms with E-state index in [0.717, 1.165) is 21.3 Å². The summed E-state index contributed by atoms with van der Waals surface area (Å²) in [6.07, 6.45) is 1.61. The van der Waals surface area contributed by atoms with E-state index < -0.39 is 0 Å². The van der Waals surface area contributed by atoms with Gasteiger partial charge in [0.2, 0.25) is 10.6 Å². The fraction of sp³-hybridized carbons (Fsp3) is 0.154. The predicted molar refractivity (Wildman–Crippen MR) is 142 cm³/mol. The van der Waals surface area contributed by atoms with Gasteiger partial charge >= 0.3 is 0 Å². The number of aromatic nitrogens is 1. The molecule has 0 fully saturated rings. The van der Waals surface area contributed by atoms with Gasteiger partial charge in [-0.25, -0.2) is 4.68 Å². The van der Waals surface area contributed by atoms with Crippen LogP contribution in [0, 0.1) is 0 Å². The molecule has 0 aliphatic rings. The minimum Gasteiger partial charge on any atom is -0.507 e. The van der Waals surface area contributed by atoms with Crippen molar-refractivity contribution in [1.29, 1.82) is 0 Å². The molecular weight excluding hydrogens is 530 g/mol. The summed E-state index contributed by atoms with van der Waals surface area (Å²) < 4.78 is 19.1. The van der Waals surface area contributed by atoms with Crippen molar-refractivity contribution in [3.05, 3.63) is 86.4 Å². The van der Waals surface area contributed by atoms with Gasteiger partial charge in [-0.2, -0.15) is 5.10 Å². The number of hydrogen-bond donors (Lipinski definition) is 1. The molecule has 0 atom stereocenters. The van der Waals surface area contributed by atoms with Gasteiger partial charge in [-0.05, 0) is 35.9 Å². The highest BCUT2D eigenvalue weighted by atomic mass is 79.9. The van der Waals surface area contributed by atoms with Gasteiger partial charge in [0.1, 0.15) is 5.75 Å². The first-order chi connectivity index (χ1) is 17.0. The maximum atomic E-state index is 10.3. The molecule has 4 rings (SSSR count). The highest BCUT2D eigenvalue weighted by molar-refractivity contribution is 9.10. The van der Waals surface area contributed by atoms with E-state index in [-0.39, 0.29) is 5.75 Å². The average molecular weight is 554 g/mol. The van der Waals surface area contributed by atoms with E-state index in [1.165, 1.54) is 11.3 Å². The molecule has 1 aromatic heterocycles. The molecule has 0 saturated heterocycles. The second-order valence-corrected chi connectivity index (χ2v) is 9.13. The van der Waals surface area contributed by atoms with E-state index in [0.29, 0.717) is 34.2 Å². The number of phenols is 1. The maximum absolute atomic E-state index is 10.3. The molecule has 9 heteroatoms. The van der Waals surface area contributed by atoms with E-state index in [9.17, 15) is 5.11 Å². The van der Waals surface area contributed by atoms with Crippen LogP contribution in [-0.4, -0.2) is 37.3 Å². The second-order valence-electron chi connectivity index (χ2n) is 7.38. The molecule has 0 bridgehead atoms. The van der Waals surface area contributed by atoms with Crippen LogP contribution >= 0.6 is 27.3 Å². The van der Waals surface area contributed by atoms with E-state index in [2.05, 4.69) is 15.9 Å². The summed E-state index contributed by atoms with van der Waals surface area (Å²) in [4.78, 5) is 5.50. The van der Waals surface area contributed by atoms with Crippen molar-refractivity contribution in [2.75, 3.05) is 21.3 Å². The minimum absolute atomic E-state index is 0.130. The van der Waals surface area contributed by atoms with E-state index in [4.69, 9.17) is 24.3 Å². The molecule has 3 aromatic carbocycles. The largest absolute Gasteiger partial charge is 0.507 e. The average Bonchev–Trinajstić information content (AvgIpc) is 3.30. The Morgan fingerprint density at radius 3 is 2.34 bits per heavy atom. The lowest BCUT2D eigenvalue weighted by molar-refractivity contribution is 0.324. The van der Waals surface area contributed by atoms with Crippen LogP contribution in [-0.2, 0) is 6.54 Å². The second kappa shape index (κ2) is 11.2. The minimum atomic E-state index is 0.130. The van der Waals surface area contributed by atoms with Gasteiger partial charge in [-0.3, -0.25) is 4.99 Å². The third-order valence-electron chi connectivity index (χ3n) is 5.19. The molecule has 0 spiro atoms. The SMILES string of the molecule is COc1cc(-c2csc(=NCc3ccccc3)n2N=Cc2cc(Br)ccc2O)cc(OC)c1OC. The number of halogens is 1. The number of aromatic hydroxyl groups is 1. The first-order valence-corrected chi connectivity index (χ1v) is 12.3. The molecular formula is C26H24BrN3O4S. The van der Waals surface area contributed by atoms with Crippen LogP contribution in [0.5, 0.6) is 23.0 Å². The standard InChI is InChI=1S/C26H24BrN3O4S/c1-32-23-12-18(13-24(33-2)25(23)34-3)21-16-35-26(28-14-17-7-5-4-6-8-17)30(21)29-15-19-11-20(27)9-10-22(19)31/h4-13,15-16,31H,14H2,1-3H3. The van der Waals surface area contributed by atoms with Gasteiger partial charge in [0.05, 0.1) is 39.8 Å². The van der Waals surface area contributed by atoms with Crippen LogP contribution in [0.25, 0.3) is 11.3 Å². The van der Waals surface area contributed by atoms with Crippen molar-refractivity contribution in [2.24, 2.45) is 10.1 Å². The number of rotatable bonds is 8. The monoisotopic (exact) mass is 553 g/mol. The number of benzene rings is 3. The van der Waals surface area contributed by atoms with Crippen LogP contribution in [0.3, 0.4) is 0 Å². The highest BCUT2D eigenvalue weighted by Crippen LogP contribution is 2.41. The summed E-state index contributed by atoms with van der Waals surface area (Å²) in [5, 5.41) is 16.9. The summed E-state index contributed by atoms with van der Waals surface area (Å²) >= 11 is 4.91. The van der Waals surface area contributed by atoms with Crippen molar-refractivity contribution in [3.63, 3.8) is 0 Å². The maximum Gasteiger partial charge on any atom is 0.206 e. The number of ether oxygens (including phenoxy) is 3. The molecule has 180 valence electrons. The lowest BCUT2D eigenvalue weighted by Gasteiger charge is -2.14. The summed E-state index contributed by atoms with van der Waals surface area (Å²) in [5.74, 6) is 1.72. The van der Waals surface area contributed by atoms with Crippen LogP contribution in [0.4, 0.5) is 0 Å². The van der Waals surface area contributed by atoms with Gasteiger partial charge in [-0.1, -0.05) is 46.3 Å². The zero-order valence-electron chi connectivity index (χ0n) is 19.4. The molecule has 7 nitrogen and oxygen atoms in total. The molecule has 0 amide bonds. The van der Waals surface area contributed by atoms with Crippen LogP contribution in [0.2, 0.25) is 0 Å². The predicted octanol–water partition coefficient (Wildman–Crippen LogP) is 5.69. The molecule has 1 heterocycles. The quantitative estimate of drug-likeness (QED) is 0.284. The van der Waals surface area contributed by atoms with Gasteiger partial charge in [0, 0.05) is 21.0 Å². The highest BCUT2D eigenvalue weighted by Gasteiger charge is 2.17. The Hall–Kier alpha value is -3.56. The van der Waals surface area contributed by atoms with Crippen molar-refractivity contribution in [2.45, 2.75) is 6.54 Å². The molecule has 1 N–H and O–H groups in total. The summed E-state index contributed by atoms with van der Waals surface area (Å²) in [7, 11) is 4.73. The van der Waals surface area contributed by atoms with E-state index in [1.54, 1.807) is 50.4 Å². The third-order valence-corrected chi connectivity index (χ3v) is 6.53. The smallest absolute Gasteiger partial charge is 0.206 e. The van der Waals surface area contributed by atoms with Crippen molar-refractivity contribution >= 4 is 33.5 Å². The lowest BCUT2D eigenvalue weighted by atomic mass is 10.1. The topological polar surface area (TPSA) is 77.6 Å². The van der Waals surface area contributed by atoms with Crippen LogP contribution in [0.15, 0.2) is 80.6 Å². The number of nitrogens with zero attached hydrogens (tertiary/aromatic N) is 3. The number of methoxy groups -OCH3 is 3. The molecule has 4 aromatic rings. The van der Waals surface area contributed by atoms with Crippen molar-refractivity contribution in [3.8, 4) is 34.3 Å². The zero-order valence-corrected chi connectivity index (χ0v) is 21.8. The summed E-state index contributed by atoms with van der Waals surface area (Å²) in [6, 6.07) is 18.9. The van der Waals surface area contributed by atoms with Crippen LogP contribution in [0.1, 0.15) is 11.1 Å². The van der Waals surface area contributed by atoms with Crippen molar-refractivity contribution < 1.29 is 19.3 Å². The first-order valence-electron chi connectivity index (χ1n) is 10.6. The summed E-state index contributed by atoms with van der Waals surface area (Å²) in [6.45, 7) is 0.508. The lowest BCUT2D eigenvalue weighted by Crippen LogP contribution is -2.12. The summed E-state index contributed by atoms with van der Waals surface area (Å²) in [5.41, 5.74) is 3.26. The Balaban J connectivity index is 1.86. The Labute approximate surface area is 215 Å². The molecule has 0 saturated carbocycles. The number of thiazole rings is 1. The molecule has 0 radical (unpaired) electrons. The van der Waals surface area contributed by atoms with Gasteiger partial charge in [-0.15, -0.1) is 11.3 Å². The Morgan fingerprint density at radius 2 is 1.69 bits per heavy atom. The van der Waals surface area contributed by atoms with Crippen molar-refractivity contribution in [1.82, 2.24) is 4.68 Å². The zero-order chi connectivity index (χ0) is 24.8. The van der Waals surface area contributed by atoms with Gasteiger partial charge in [0.25, 0.3) is 0 Å². The molecule has 35 heavy (non-hydrogen) atoms. The van der Waals surface area contributed by atoms with Crippen LogP contribution < -0.4 is 19.0 Å². The fourth-order valence-corrected chi connectivity index (χ4v) is 4.65. The number of hydrogen-bond acceptors (Lipinski definition) is 7. The van der Waals surface area contributed by atoms with Gasteiger partial charge in [0.15, 0.2) is 11.5 Å². The Bertz CT molecular complexity index is 1390. The molecule has 0 unspecified atom stereocenters. The third kappa shape index (κ3) is 5.58.